The van der Waals surface area contributed by atoms with E-state index in [1.54, 1.807) is 35.8 Å². The van der Waals surface area contributed by atoms with Crippen molar-refractivity contribution in [1.82, 2.24) is 15.0 Å². The molecular formula is C14H15F2N5. The van der Waals surface area contributed by atoms with Gasteiger partial charge in [0.25, 0.3) is 5.92 Å². The first-order chi connectivity index (χ1) is 10.0. The molecule has 1 fully saturated rings. The van der Waals surface area contributed by atoms with E-state index in [4.69, 9.17) is 5.73 Å². The number of hydrogen-bond acceptors (Lipinski definition) is 5. The summed E-state index contributed by atoms with van der Waals surface area (Å²) in [5, 5.41) is 0. The number of hydrogen-bond donors (Lipinski definition) is 1. The van der Waals surface area contributed by atoms with Crippen molar-refractivity contribution >= 4 is 11.6 Å². The van der Waals surface area contributed by atoms with Crippen molar-refractivity contribution in [1.29, 1.82) is 0 Å². The summed E-state index contributed by atoms with van der Waals surface area (Å²) in [4.78, 5) is 14.3. The monoisotopic (exact) mass is 291 g/mol. The van der Waals surface area contributed by atoms with E-state index < -0.39 is 5.92 Å². The SMILES string of the molecule is Nc1cncc(-c2cnc(N3CCC(F)(F)CC3)nc2)c1. The molecule has 0 aromatic carbocycles. The second kappa shape index (κ2) is 5.23. The highest BCUT2D eigenvalue weighted by Crippen LogP contribution is 2.29. The highest BCUT2D eigenvalue weighted by Gasteiger charge is 2.34. The summed E-state index contributed by atoms with van der Waals surface area (Å²) in [6, 6.07) is 1.78. The lowest BCUT2D eigenvalue weighted by atomic mass is 10.1. The number of nitrogen functional groups attached to an aromatic ring is 1. The van der Waals surface area contributed by atoms with Gasteiger partial charge < -0.3 is 10.6 Å². The van der Waals surface area contributed by atoms with Crippen LogP contribution in [0.1, 0.15) is 12.8 Å². The zero-order valence-electron chi connectivity index (χ0n) is 11.3. The van der Waals surface area contributed by atoms with Crippen LogP contribution >= 0.6 is 0 Å². The molecule has 2 aromatic rings. The highest BCUT2D eigenvalue weighted by atomic mass is 19.3. The molecule has 110 valence electrons. The third-order valence-corrected chi connectivity index (χ3v) is 3.51. The fourth-order valence-corrected chi connectivity index (χ4v) is 2.28. The summed E-state index contributed by atoms with van der Waals surface area (Å²) < 4.78 is 26.3. The normalized spacial score (nSPS) is 17.7. The largest absolute Gasteiger partial charge is 0.397 e. The average molecular weight is 291 g/mol. The highest BCUT2D eigenvalue weighted by molar-refractivity contribution is 5.64. The Bertz CT molecular complexity index is 620. The van der Waals surface area contributed by atoms with E-state index in [2.05, 4.69) is 15.0 Å². The van der Waals surface area contributed by atoms with Gasteiger partial charge in [0.1, 0.15) is 0 Å². The lowest BCUT2D eigenvalue weighted by molar-refractivity contribution is -0.0222. The smallest absolute Gasteiger partial charge is 0.251 e. The van der Waals surface area contributed by atoms with Gasteiger partial charge in [-0.3, -0.25) is 4.98 Å². The van der Waals surface area contributed by atoms with Crippen molar-refractivity contribution in [2.24, 2.45) is 0 Å². The minimum Gasteiger partial charge on any atom is -0.397 e. The third-order valence-electron chi connectivity index (χ3n) is 3.51. The molecule has 5 nitrogen and oxygen atoms in total. The van der Waals surface area contributed by atoms with Crippen LogP contribution in [-0.4, -0.2) is 34.0 Å². The first kappa shape index (κ1) is 13.7. The average Bonchev–Trinajstić information content (AvgIpc) is 2.47. The predicted octanol–water partition coefficient (Wildman–Crippen LogP) is 2.36. The molecule has 0 unspecified atom stereocenters. The fourth-order valence-electron chi connectivity index (χ4n) is 2.28. The molecule has 2 N–H and O–H groups in total. The summed E-state index contributed by atoms with van der Waals surface area (Å²) in [6.45, 7) is 0.540. The molecular weight excluding hydrogens is 276 g/mol. The molecule has 7 heteroatoms. The number of pyridine rings is 1. The summed E-state index contributed by atoms with van der Waals surface area (Å²) in [5.41, 5.74) is 7.87. The van der Waals surface area contributed by atoms with E-state index in [9.17, 15) is 8.78 Å². The van der Waals surface area contributed by atoms with Crippen molar-refractivity contribution < 1.29 is 8.78 Å². The minimum absolute atomic E-state index is 0.156. The quantitative estimate of drug-likeness (QED) is 0.920. The van der Waals surface area contributed by atoms with Crippen LogP contribution < -0.4 is 10.6 Å². The number of rotatable bonds is 2. The topological polar surface area (TPSA) is 67.9 Å². The lowest BCUT2D eigenvalue weighted by Gasteiger charge is -2.31. The van der Waals surface area contributed by atoms with Crippen LogP contribution in [0, 0.1) is 0 Å². The van der Waals surface area contributed by atoms with Crippen molar-refractivity contribution in [2.45, 2.75) is 18.8 Å². The molecule has 1 aliphatic rings. The Balaban J connectivity index is 1.76. The number of nitrogens with two attached hydrogens (primary N) is 1. The Morgan fingerprint density at radius 3 is 2.29 bits per heavy atom. The molecule has 3 heterocycles. The number of halogens is 2. The number of anilines is 2. The predicted molar refractivity (Wildman–Crippen MR) is 76.1 cm³/mol. The molecule has 1 saturated heterocycles. The maximum atomic E-state index is 13.1. The number of nitrogens with zero attached hydrogens (tertiary/aromatic N) is 4. The van der Waals surface area contributed by atoms with Gasteiger partial charge in [-0.2, -0.15) is 0 Å². The number of alkyl halides is 2. The molecule has 0 atom stereocenters. The van der Waals surface area contributed by atoms with E-state index in [0.29, 0.717) is 11.6 Å². The van der Waals surface area contributed by atoms with Crippen LogP contribution in [0.4, 0.5) is 20.4 Å². The summed E-state index contributed by atoms with van der Waals surface area (Å²) in [7, 11) is 0. The fraction of sp³-hybridized carbons (Fsp3) is 0.357. The first-order valence-electron chi connectivity index (χ1n) is 6.69. The van der Waals surface area contributed by atoms with E-state index in [1.165, 1.54) is 0 Å². The molecule has 0 saturated carbocycles. The van der Waals surface area contributed by atoms with Gasteiger partial charge in [-0.1, -0.05) is 0 Å². The van der Waals surface area contributed by atoms with Crippen molar-refractivity contribution in [3.63, 3.8) is 0 Å². The van der Waals surface area contributed by atoms with Gasteiger partial charge in [-0.05, 0) is 6.07 Å². The Kier molecular flexibility index (Phi) is 3.40. The summed E-state index contributed by atoms with van der Waals surface area (Å²) in [6.07, 6.45) is 6.24. The van der Waals surface area contributed by atoms with Crippen LogP contribution in [0.3, 0.4) is 0 Å². The molecule has 0 spiro atoms. The second-order valence-electron chi connectivity index (χ2n) is 5.12. The Morgan fingerprint density at radius 1 is 1.00 bits per heavy atom. The maximum absolute atomic E-state index is 13.1. The van der Waals surface area contributed by atoms with E-state index in [0.717, 1.165) is 11.1 Å². The molecule has 0 amide bonds. The van der Waals surface area contributed by atoms with Gasteiger partial charge in [-0.15, -0.1) is 0 Å². The minimum atomic E-state index is -2.57. The van der Waals surface area contributed by atoms with Crippen molar-refractivity contribution in [3.05, 3.63) is 30.9 Å². The number of aromatic nitrogens is 3. The van der Waals surface area contributed by atoms with Gasteiger partial charge in [0.05, 0.1) is 5.69 Å². The second-order valence-corrected chi connectivity index (χ2v) is 5.12. The van der Waals surface area contributed by atoms with Gasteiger partial charge in [0, 0.05) is 61.8 Å². The third kappa shape index (κ3) is 3.07. The van der Waals surface area contributed by atoms with Crippen molar-refractivity contribution in [3.8, 4) is 11.1 Å². The maximum Gasteiger partial charge on any atom is 0.251 e. The van der Waals surface area contributed by atoms with E-state index in [1.807, 2.05) is 0 Å². The molecule has 3 rings (SSSR count). The zero-order valence-corrected chi connectivity index (χ0v) is 11.3. The Labute approximate surface area is 120 Å². The van der Waals surface area contributed by atoms with Crippen molar-refractivity contribution in [2.75, 3.05) is 23.7 Å². The van der Waals surface area contributed by atoms with Crippen LogP contribution in [0.2, 0.25) is 0 Å². The molecule has 21 heavy (non-hydrogen) atoms. The standard InChI is InChI=1S/C14H15F2N5/c15-14(16)1-3-21(4-2-14)13-19-7-11(8-20-13)10-5-12(17)9-18-6-10/h5-9H,1-4,17H2. The van der Waals surface area contributed by atoms with Crippen LogP contribution in [-0.2, 0) is 0 Å². The van der Waals surface area contributed by atoms with E-state index in [-0.39, 0.29) is 25.9 Å². The Morgan fingerprint density at radius 2 is 1.67 bits per heavy atom. The summed E-state index contributed by atoms with van der Waals surface area (Å²) in [5.74, 6) is -2.09. The molecule has 0 aliphatic carbocycles. The lowest BCUT2D eigenvalue weighted by Crippen LogP contribution is -2.40. The van der Waals surface area contributed by atoms with Gasteiger partial charge >= 0.3 is 0 Å². The molecule has 1 aliphatic heterocycles. The zero-order chi connectivity index (χ0) is 14.9. The molecule has 0 radical (unpaired) electrons. The van der Waals surface area contributed by atoms with E-state index >= 15 is 0 Å². The number of piperidine rings is 1. The van der Waals surface area contributed by atoms with Crippen LogP contribution in [0.15, 0.2) is 30.9 Å². The Hall–Kier alpha value is -2.31. The van der Waals surface area contributed by atoms with Crippen LogP contribution in [0.5, 0.6) is 0 Å². The first-order valence-corrected chi connectivity index (χ1v) is 6.69. The van der Waals surface area contributed by atoms with Gasteiger partial charge in [0.2, 0.25) is 5.95 Å². The summed E-state index contributed by atoms with van der Waals surface area (Å²) >= 11 is 0. The molecule has 0 bridgehead atoms. The van der Waals surface area contributed by atoms with Gasteiger partial charge in [0.15, 0.2) is 0 Å². The van der Waals surface area contributed by atoms with Gasteiger partial charge in [-0.25, -0.2) is 18.7 Å². The molecule has 2 aromatic heterocycles. The van der Waals surface area contributed by atoms with Crippen LogP contribution in [0.25, 0.3) is 11.1 Å².